The smallest absolute Gasteiger partial charge is 0.381 e. The molecule has 0 spiro atoms. The predicted octanol–water partition coefficient (Wildman–Crippen LogP) is 4.13. The van der Waals surface area contributed by atoms with Crippen LogP contribution >= 0.6 is 0 Å². The van der Waals surface area contributed by atoms with Gasteiger partial charge in [0.05, 0.1) is 10.5 Å². The van der Waals surface area contributed by atoms with Crippen LogP contribution in [0.15, 0.2) is 82.2 Å². The standard InChI is InChI=1S/C15H14NO.C7H8O3S/c1-11-10-16(2)15(17-11)14-9-5-7-12-6-3-4-8-13(12)14;1-6-2-4-7(5-3-6)11(8,9)10/h3-10H,1-2H3;2-5H,1H3,(H,8,9,10)/q+1;/p-1. The van der Waals surface area contributed by atoms with Crippen LogP contribution in [0.4, 0.5) is 0 Å². The summed E-state index contributed by atoms with van der Waals surface area (Å²) in [6.07, 6.45) is 2.00. The first-order valence-corrected chi connectivity index (χ1v) is 10.1. The quantitative estimate of drug-likeness (QED) is 0.378. The molecular weight excluding hydrogens is 374 g/mol. The normalized spacial score (nSPS) is 11.1. The second kappa shape index (κ2) is 7.96. The van der Waals surface area contributed by atoms with Crippen LogP contribution < -0.4 is 4.57 Å². The molecule has 0 radical (unpaired) electrons. The largest absolute Gasteiger partial charge is 0.744 e. The van der Waals surface area contributed by atoms with E-state index in [1.807, 2.05) is 31.7 Å². The van der Waals surface area contributed by atoms with Crippen molar-refractivity contribution in [3.05, 3.63) is 84.3 Å². The van der Waals surface area contributed by atoms with Gasteiger partial charge in [-0.3, -0.25) is 0 Å². The topological polar surface area (TPSA) is 74.2 Å². The lowest BCUT2D eigenvalue weighted by Gasteiger charge is -2.05. The van der Waals surface area contributed by atoms with Gasteiger partial charge in [-0.2, -0.15) is 4.57 Å². The summed E-state index contributed by atoms with van der Waals surface area (Å²) in [5, 5.41) is 2.46. The molecule has 0 unspecified atom stereocenters. The molecule has 4 aromatic rings. The maximum Gasteiger partial charge on any atom is 0.381 e. The summed E-state index contributed by atoms with van der Waals surface area (Å²) in [6.45, 7) is 3.79. The van der Waals surface area contributed by atoms with Gasteiger partial charge in [-0.05, 0) is 35.9 Å². The zero-order valence-electron chi connectivity index (χ0n) is 15.9. The fourth-order valence-electron chi connectivity index (χ4n) is 2.94. The molecule has 1 heterocycles. The van der Waals surface area contributed by atoms with Crippen molar-refractivity contribution in [2.45, 2.75) is 18.7 Å². The Morgan fingerprint density at radius 2 is 1.54 bits per heavy atom. The van der Waals surface area contributed by atoms with Crippen LogP contribution in [0, 0.1) is 13.8 Å². The highest BCUT2D eigenvalue weighted by Gasteiger charge is 2.18. The van der Waals surface area contributed by atoms with Crippen molar-refractivity contribution in [3.8, 4) is 11.5 Å². The van der Waals surface area contributed by atoms with Gasteiger partial charge in [-0.25, -0.2) is 8.42 Å². The first-order chi connectivity index (χ1) is 13.3. The highest BCUT2D eigenvalue weighted by molar-refractivity contribution is 7.85. The van der Waals surface area contributed by atoms with E-state index < -0.39 is 10.1 Å². The van der Waals surface area contributed by atoms with Crippen LogP contribution in [0.1, 0.15) is 11.3 Å². The van der Waals surface area contributed by atoms with Gasteiger partial charge in [0, 0.05) is 6.92 Å². The fraction of sp³-hybridized carbons (Fsp3) is 0.136. The van der Waals surface area contributed by atoms with E-state index in [4.69, 9.17) is 4.42 Å². The predicted molar refractivity (Wildman–Crippen MR) is 107 cm³/mol. The maximum atomic E-state index is 10.4. The van der Waals surface area contributed by atoms with Gasteiger partial charge in [-0.1, -0.05) is 54.1 Å². The number of hydrogen-bond donors (Lipinski definition) is 0. The first-order valence-electron chi connectivity index (χ1n) is 8.72. The van der Waals surface area contributed by atoms with Crippen molar-refractivity contribution >= 4 is 20.9 Å². The SMILES string of the molecule is Cc1c[n+](C)c(-c2cccc3ccccc23)o1.Cc1ccc(S(=O)(=O)[O-])cc1. The lowest BCUT2D eigenvalue weighted by atomic mass is 10.0. The van der Waals surface area contributed by atoms with Crippen molar-refractivity contribution in [1.82, 2.24) is 0 Å². The van der Waals surface area contributed by atoms with Crippen LogP contribution in [0.25, 0.3) is 22.2 Å². The Labute approximate surface area is 164 Å². The van der Waals surface area contributed by atoms with E-state index in [1.165, 1.54) is 22.9 Å². The van der Waals surface area contributed by atoms with Crippen molar-refractivity contribution in [3.63, 3.8) is 0 Å². The Bertz CT molecular complexity index is 1200. The van der Waals surface area contributed by atoms with Crippen molar-refractivity contribution in [2.24, 2.45) is 7.05 Å². The van der Waals surface area contributed by atoms with Gasteiger partial charge in [0.15, 0.2) is 5.76 Å². The summed E-state index contributed by atoms with van der Waals surface area (Å²) in [7, 11) is -2.26. The lowest BCUT2D eigenvalue weighted by Crippen LogP contribution is -2.27. The fourth-order valence-corrected chi connectivity index (χ4v) is 3.41. The average molecular weight is 395 g/mol. The van der Waals surface area contributed by atoms with Gasteiger partial charge in [0.1, 0.15) is 17.2 Å². The Morgan fingerprint density at radius 3 is 2.14 bits per heavy atom. The molecule has 0 bridgehead atoms. The highest BCUT2D eigenvalue weighted by atomic mass is 32.2. The number of fused-ring (bicyclic) bond motifs is 1. The summed E-state index contributed by atoms with van der Waals surface area (Å²) in [5.74, 6) is 1.83. The number of rotatable bonds is 2. The second-order valence-corrected chi connectivity index (χ2v) is 7.93. The zero-order valence-corrected chi connectivity index (χ0v) is 16.7. The van der Waals surface area contributed by atoms with Crippen molar-refractivity contribution in [2.75, 3.05) is 0 Å². The molecule has 4 rings (SSSR count). The Balaban J connectivity index is 0.000000178. The molecule has 28 heavy (non-hydrogen) atoms. The molecule has 0 aliphatic heterocycles. The molecule has 0 atom stereocenters. The van der Waals surface area contributed by atoms with E-state index in [2.05, 4.69) is 42.5 Å². The average Bonchev–Trinajstić information content (AvgIpc) is 2.99. The number of aromatic nitrogens is 1. The third-order valence-electron chi connectivity index (χ3n) is 4.28. The zero-order chi connectivity index (χ0) is 20.3. The molecule has 0 N–H and O–H groups in total. The molecule has 1 aromatic heterocycles. The molecule has 0 amide bonds. The minimum atomic E-state index is -4.27. The minimum Gasteiger partial charge on any atom is -0.744 e. The van der Waals surface area contributed by atoms with Crippen LogP contribution in [0.5, 0.6) is 0 Å². The third kappa shape index (κ3) is 4.47. The van der Waals surface area contributed by atoms with Gasteiger partial charge in [-0.15, -0.1) is 0 Å². The van der Waals surface area contributed by atoms with Crippen molar-refractivity contribution < 1.29 is 22.0 Å². The van der Waals surface area contributed by atoms with Gasteiger partial charge < -0.3 is 8.97 Å². The first kappa shape index (κ1) is 19.8. The maximum absolute atomic E-state index is 10.4. The van der Waals surface area contributed by atoms with Crippen LogP contribution in [-0.4, -0.2) is 13.0 Å². The van der Waals surface area contributed by atoms with E-state index in [0.29, 0.717) is 0 Å². The minimum absolute atomic E-state index is 0.178. The second-order valence-electron chi connectivity index (χ2n) is 6.55. The van der Waals surface area contributed by atoms with E-state index in [1.54, 1.807) is 12.1 Å². The number of nitrogens with zero attached hydrogens (tertiary/aromatic N) is 1. The van der Waals surface area contributed by atoms with Gasteiger partial charge in [0.2, 0.25) is 6.20 Å². The monoisotopic (exact) mass is 395 g/mol. The van der Waals surface area contributed by atoms with Crippen LogP contribution in [-0.2, 0) is 17.2 Å². The Kier molecular flexibility index (Phi) is 5.63. The molecular formula is C22H21NO4S. The van der Waals surface area contributed by atoms with Gasteiger partial charge in [0.25, 0.3) is 0 Å². The highest BCUT2D eigenvalue weighted by Crippen LogP contribution is 2.26. The van der Waals surface area contributed by atoms with E-state index in [0.717, 1.165) is 22.8 Å². The molecule has 0 aliphatic carbocycles. The molecule has 3 aromatic carbocycles. The molecule has 6 heteroatoms. The summed E-state index contributed by atoms with van der Waals surface area (Å²) in [6, 6.07) is 20.4. The molecule has 0 fully saturated rings. The molecule has 144 valence electrons. The Hall–Kier alpha value is -2.96. The lowest BCUT2D eigenvalue weighted by molar-refractivity contribution is -0.662. The van der Waals surface area contributed by atoms with Gasteiger partial charge >= 0.3 is 5.89 Å². The molecule has 0 saturated heterocycles. The third-order valence-corrected chi connectivity index (χ3v) is 5.13. The van der Waals surface area contributed by atoms with E-state index >= 15 is 0 Å². The van der Waals surface area contributed by atoms with E-state index in [-0.39, 0.29) is 4.90 Å². The molecule has 5 nitrogen and oxygen atoms in total. The number of benzene rings is 3. The summed E-state index contributed by atoms with van der Waals surface area (Å²) < 4.78 is 39.0. The molecule has 0 saturated carbocycles. The van der Waals surface area contributed by atoms with Crippen molar-refractivity contribution in [1.29, 1.82) is 0 Å². The Morgan fingerprint density at radius 1 is 0.893 bits per heavy atom. The molecule has 0 aliphatic rings. The number of hydrogen-bond acceptors (Lipinski definition) is 4. The van der Waals surface area contributed by atoms with Crippen LogP contribution in [0.2, 0.25) is 0 Å². The summed E-state index contributed by atoms with van der Waals surface area (Å²) in [4.78, 5) is -0.178. The van der Waals surface area contributed by atoms with Crippen LogP contribution in [0.3, 0.4) is 0 Å². The summed E-state index contributed by atoms with van der Waals surface area (Å²) >= 11 is 0. The number of aryl methyl sites for hydroxylation is 3. The summed E-state index contributed by atoms with van der Waals surface area (Å²) in [5.41, 5.74) is 2.07. The number of oxazole rings is 1. The van der Waals surface area contributed by atoms with E-state index in [9.17, 15) is 13.0 Å².